The first-order valence-corrected chi connectivity index (χ1v) is 7.14. The number of amides is 4. The highest BCUT2D eigenvalue weighted by Crippen LogP contribution is 2.28. The first-order valence-electron chi connectivity index (χ1n) is 7.14. The second-order valence-electron chi connectivity index (χ2n) is 6.61. The molecule has 1 saturated heterocycles. The Hall–Kier alpha value is -2.37. The van der Waals surface area contributed by atoms with Crippen LogP contribution in [0.3, 0.4) is 0 Å². The standard InChI is InChI=1S/C16H21N3O3/c1-15(2,3)17-12(20)10-19-13(21)16(4,18-14(19)22)11-8-6-5-7-9-11/h5-9H,10H2,1-4H3,(H,17,20)(H,18,22)/t16-/m0/s1. The first-order chi connectivity index (χ1) is 10.1. The molecule has 1 aromatic carbocycles. The van der Waals surface area contributed by atoms with E-state index in [1.165, 1.54) is 0 Å². The molecule has 0 spiro atoms. The smallest absolute Gasteiger partial charge is 0.325 e. The molecule has 1 atom stereocenters. The minimum absolute atomic E-state index is 0.287. The number of hydrogen-bond donors (Lipinski definition) is 2. The van der Waals surface area contributed by atoms with Crippen molar-refractivity contribution in [3.8, 4) is 0 Å². The maximum Gasteiger partial charge on any atom is 0.325 e. The highest BCUT2D eigenvalue weighted by molar-refractivity contribution is 6.09. The van der Waals surface area contributed by atoms with E-state index >= 15 is 0 Å². The van der Waals surface area contributed by atoms with E-state index < -0.39 is 23.0 Å². The van der Waals surface area contributed by atoms with Gasteiger partial charge in [0.15, 0.2) is 0 Å². The zero-order chi connectivity index (χ0) is 16.5. The quantitative estimate of drug-likeness (QED) is 0.828. The normalized spacial score (nSPS) is 21.7. The molecular weight excluding hydrogens is 282 g/mol. The molecule has 0 aliphatic carbocycles. The van der Waals surface area contributed by atoms with E-state index in [-0.39, 0.29) is 12.5 Å². The third-order valence-electron chi connectivity index (χ3n) is 3.44. The molecule has 0 bridgehead atoms. The zero-order valence-electron chi connectivity index (χ0n) is 13.3. The van der Waals surface area contributed by atoms with Gasteiger partial charge in [0.05, 0.1) is 0 Å². The van der Waals surface area contributed by atoms with E-state index in [4.69, 9.17) is 0 Å². The van der Waals surface area contributed by atoms with Crippen LogP contribution in [0.25, 0.3) is 0 Å². The molecule has 1 aromatic rings. The number of carbonyl (C=O) groups is 3. The average molecular weight is 303 g/mol. The minimum Gasteiger partial charge on any atom is -0.350 e. The lowest BCUT2D eigenvalue weighted by Crippen LogP contribution is -2.48. The van der Waals surface area contributed by atoms with Crippen LogP contribution in [0, 0.1) is 0 Å². The van der Waals surface area contributed by atoms with Crippen molar-refractivity contribution in [3.63, 3.8) is 0 Å². The number of benzene rings is 1. The molecule has 1 aliphatic heterocycles. The highest BCUT2D eigenvalue weighted by Gasteiger charge is 2.49. The topological polar surface area (TPSA) is 78.5 Å². The van der Waals surface area contributed by atoms with Crippen molar-refractivity contribution in [3.05, 3.63) is 35.9 Å². The van der Waals surface area contributed by atoms with Crippen molar-refractivity contribution >= 4 is 17.8 Å². The van der Waals surface area contributed by atoms with Crippen LogP contribution in [0.2, 0.25) is 0 Å². The molecule has 1 aliphatic rings. The summed E-state index contributed by atoms with van der Waals surface area (Å²) in [5.41, 5.74) is -0.869. The van der Waals surface area contributed by atoms with Gasteiger partial charge in [0.25, 0.3) is 5.91 Å². The molecule has 2 rings (SSSR count). The largest absolute Gasteiger partial charge is 0.350 e. The van der Waals surface area contributed by atoms with Crippen LogP contribution in [0.4, 0.5) is 4.79 Å². The number of carbonyl (C=O) groups excluding carboxylic acids is 3. The third-order valence-corrected chi connectivity index (χ3v) is 3.44. The lowest BCUT2D eigenvalue weighted by atomic mass is 9.92. The van der Waals surface area contributed by atoms with Gasteiger partial charge >= 0.3 is 6.03 Å². The number of hydrogen-bond acceptors (Lipinski definition) is 3. The van der Waals surface area contributed by atoms with E-state index in [0.717, 1.165) is 4.90 Å². The SMILES string of the molecule is CC(C)(C)NC(=O)CN1C(=O)N[C@@](C)(c2ccccc2)C1=O. The molecule has 2 N–H and O–H groups in total. The van der Waals surface area contributed by atoms with Crippen LogP contribution in [0.5, 0.6) is 0 Å². The van der Waals surface area contributed by atoms with Gasteiger partial charge in [-0.1, -0.05) is 30.3 Å². The van der Waals surface area contributed by atoms with Crippen LogP contribution in [-0.2, 0) is 15.1 Å². The van der Waals surface area contributed by atoms with Crippen molar-refractivity contribution in [2.45, 2.75) is 38.8 Å². The number of nitrogens with one attached hydrogen (secondary N) is 2. The maximum atomic E-state index is 12.6. The molecule has 4 amide bonds. The van der Waals surface area contributed by atoms with Crippen LogP contribution >= 0.6 is 0 Å². The maximum absolute atomic E-state index is 12.6. The van der Waals surface area contributed by atoms with Crippen LogP contribution in [-0.4, -0.2) is 34.8 Å². The predicted molar refractivity (Wildman–Crippen MR) is 81.9 cm³/mol. The van der Waals surface area contributed by atoms with Crippen LogP contribution < -0.4 is 10.6 Å². The minimum atomic E-state index is -1.14. The van der Waals surface area contributed by atoms with Gasteiger partial charge in [-0.15, -0.1) is 0 Å². The summed E-state index contributed by atoms with van der Waals surface area (Å²) >= 11 is 0. The molecule has 1 fully saturated rings. The summed E-state index contributed by atoms with van der Waals surface area (Å²) in [5, 5.41) is 5.41. The third kappa shape index (κ3) is 3.10. The van der Waals surface area contributed by atoms with E-state index in [0.29, 0.717) is 5.56 Å². The summed E-state index contributed by atoms with van der Waals surface area (Å²) in [4.78, 5) is 37.6. The van der Waals surface area contributed by atoms with Crippen LogP contribution in [0.15, 0.2) is 30.3 Å². The second kappa shape index (κ2) is 5.44. The van der Waals surface area contributed by atoms with Crippen LogP contribution in [0.1, 0.15) is 33.3 Å². The molecule has 0 unspecified atom stereocenters. The molecule has 0 saturated carbocycles. The van der Waals surface area contributed by atoms with Gasteiger partial charge in [-0.25, -0.2) is 4.79 Å². The Balaban J connectivity index is 2.18. The van der Waals surface area contributed by atoms with Crippen molar-refractivity contribution in [2.24, 2.45) is 0 Å². The van der Waals surface area contributed by atoms with Crippen molar-refractivity contribution < 1.29 is 14.4 Å². The molecule has 22 heavy (non-hydrogen) atoms. The first kappa shape index (κ1) is 16.0. The molecule has 0 radical (unpaired) electrons. The highest BCUT2D eigenvalue weighted by atomic mass is 16.2. The monoisotopic (exact) mass is 303 g/mol. The Morgan fingerprint density at radius 2 is 1.82 bits per heavy atom. The van der Waals surface area contributed by atoms with Crippen molar-refractivity contribution in [2.75, 3.05) is 6.54 Å². The molecule has 118 valence electrons. The summed E-state index contributed by atoms with van der Waals surface area (Å²) < 4.78 is 0. The Morgan fingerprint density at radius 3 is 2.36 bits per heavy atom. The Labute approximate surface area is 129 Å². The van der Waals surface area contributed by atoms with Crippen molar-refractivity contribution in [1.82, 2.24) is 15.5 Å². The fraction of sp³-hybridized carbons (Fsp3) is 0.438. The molecule has 0 aromatic heterocycles. The van der Waals surface area contributed by atoms with Gasteiger partial charge < -0.3 is 10.6 Å². The molecular formula is C16H21N3O3. The summed E-state index contributed by atoms with van der Waals surface area (Å²) in [7, 11) is 0. The van der Waals surface area contributed by atoms with Crippen molar-refractivity contribution in [1.29, 1.82) is 0 Å². The van der Waals surface area contributed by atoms with Gasteiger partial charge in [0.2, 0.25) is 5.91 Å². The van der Waals surface area contributed by atoms with E-state index in [2.05, 4.69) is 10.6 Å². The molecule has 6 heteroatoms. The van der Waals surface area contributed by atoms with E-state index in [1.54, 1.807) is 31.2 Å². The fourth-order valence-corrected chi connectivity index (χ4v) is 2.41. The predicted octanol–water partition coefficient (Wildman–Crippen LogP) is 1.37. The molecule has 6 nitrogen and oxygen atoms in total. The summed E-state index contributed by atoms with van der Waals surface area (Å²) in [5.74, 6) is -0.791. The number of imide groups is 1. The fourth-order valence-electron chi connectivity index (χ4n) is 2.41. The Bertz CT molecular complexity index is 607. The molecule has 1 heterocycles. The van der Waals surface area contributed by atoms with E-state index in [9.17, 15) is 14.4 Å². The van der Waals surface area contributed by atoms with Gasteiger partial charge in [0.1, 0.15) is 12.1 Å². The lowest BCUT2D eigenvalue weighted by molar-refractivity contribution is -0.135. The Morgan fingerprint density at radius 1 is 1.23 bits per heavy atom. The lowest BCUT2D eigenvalue weighted by Gasteiger charge is -2.23. The van der Waals surface area contributed by atoms with Gasteiger partial charge in [-0.3, -0.25) is 14.5 Å². The van der Waals surface area contributed by atoms with E-state index in [1.807, 2.05) is 26.8 Å². The van der Waals surface area contributed by atoms with Gasteiger partial charge in [0, 0.05) is 5.54 Å². The Kier molecular flexibility index (Phi) is 3.96. The van der Waals surface area contributed by atoms with Gasteiger partial charge in [-0.2, -0.15) is 0 Å². The number of rotatable bonds is 3. The zero-order valence-corrected chi connectivity index (χ0v) is 13.3. The number of nitrogens with zero attached hydrogens (tertiary/aromatic N) is 1. The second-order valence-corrected chi connectivity index (χ2v) is 6.61. The number of urea groups is 1. The summed E-state index contributed by atoms with van der Waals surface area (Å²) in [6.45, 7) is 6.87. The average Bonchev–Trinajstić information content (AvgIpc) is 2.62. The van der Waals surface area contributed by atoms with Gasteiger partial charge in [-0.05, 0) is 33.3 Å². The summed E-state index contributed by atoms with van der Waals surface area (Å²) in [6, 6.07) is 8.43. The summed E-state index contributed by atoms with van der Waals surface area (Å²) in [6.07, 6.45) is 0.